The maximum Gasteiger partial charge on any atom is 0.329 e. The lowest BCUT2D eigenvalue weighted by Gasteiger charge is -2.46. The first kappa shape index (κ1) is 15.8. The zero-order valence-corrected chi connectivity index (χ0v) is 13.4. The van der Waals surface area contributed by atoms with Crippen molar-refractivity contribution in [3.8, 4) is 0 Å². The molecule has 1 aromatic rings. The summed E-state index contributed by atoms with van der Waals surface area (Å²) in [6, 6.07) is 5.35. The third-order valence-electron chi connectivity index (χ3n) is 3.29. The van der Waals surface area contributed by atoms with Gasteiger partial charge in [-0.3, -0.25) is 0 Å². The van der Waals surface area contributed by atoms with Crippen molar-refractivity contribution in [2.24, 2.45) is 0 Å². The van der Waals surface area contributed by atoms with E-state index < -0.39 is 11.6 Å². The van der Waals surface area contributed by atoms with Gasteiger partial charge in [0, 0.05) is 10.2 Å². The van der Waals surface area contributed by atoms with Crippen molar-refractivity contribution >= 4 is 33.6 Å². The number of rotatable bonds is 4. The third-order valence-corrected chi connectivity index (χ3v) is 4.18. The standard InChI is InChI=1S/C14H17BrN2O4/c1-9-5-10(3-4-11(9)15)16-13(20)17-7-14(2,8-17)21-6-12(18)19/h3-5H,6-8H2,1-2H3,(H,16,20)(H,18,19). The van der Waals surface area contributed by atoms with Crippen molar-refractivity contribution in [3.05, 3.63) is 28.2 Å². The minimum atomic E-state index is -1.01. The first-order valence-corrected chi connectivity index (χ1v) is 7.26. The van der Waals surface area contributed by atoms with Crippen LogP contribution >= 0.6 is 15.9 Å². The molecule has 1 saturated heterocycles. The fourth-order valence-corrected chi connectivity index (χ4v) is 2.40. The van der Waals surface area contributed by atoms with Crippen LogP contribution in [-0.2, 0) is 9.53 Å². The average molecular weight is 357 g/mol. The molecule has 0 aromatic heterocycles. The molecule has 2 amide bonds. The number of carboxylic acid groups (broad SMARTS) is 1. The van der Waals surface area contributed by atoms with Crippen LogP contribution in [0.2, 0.25) is 0 Å². The third kappa shape index (κ3) is 3.95. The Morgan fingerprint density at radius 3 is 2.71 bits per heavy atom. The normalized spacial score (nSPS) is 16.2. The van der Waals surface area contributed by atoms with Crippen molar-refractivity contribution in [1.82, 2.24) is 4.90 Å². The Morgan fingerprint density at radius 2 is 2.14 bits per heavy atom. The Hall–Kier alpha value is -1.60. The number of carbonyl (C=O) groups excluding carboxylic acids is 1. The second kappa shape index (κ2) is 6.03. The van der Waals surface area contributed by atoms with Crippen molar-refractivity contribution in [1.29, 1.82) is 0 Å². The van der Waals surface area contributed by atoms with Gasteiger partial charge in [-0.1, -0.05) is 15.9 Å². The van der Waals surface area contributed by atoms with Gasteiger partial charge >= 0.3 is 12.0 Å². The number of aryl methyl sites for hydroxylation is 1. The van der Waals surface area contributed by atoms with Gasteiger partial charge < -0.3 is 20.1 Å². The van der Waals surface area contributed by atoms with Crippen LogP contribution in [0.5, 0.6) is 0 Å². The molecule has 1 aromatic carbocycles. The molecule has 0 aliphatic carbocycles. The van der Waals surface area contributed by atoms with Crippen LogP contribution < -0.4 is 5.32 Å². The molecule has 7 heteroatoms. The lowest BCUT2D eigenvalue weighted by molar-refractivity contribution is -0.159. The van der Waals surface area contributed by atoms with E-state index in [4.69, 9.17) is 9.84 Å². The van der Waals surface area contributed by atoms with Gasteiger partial charge in [0.05, 0.1) is 13.1 Å². The number of benzene rings is 1. The Kier molecular flexibility index (Phi) is 4.53. The topological polar surface area (TPSA) is 78.9 Å². The van der Waals surface area contributed by atoms with Crippen LogP contribution in [-0.4, -0.2) is 47.3 Å². The van der Waals surface area contributed by atoms with Gasteiger partial charge in [0.25, 0.3) is 0 Å². The number of likely N-dealkylation sites (tertiary alicyclic amines) is 1. The molecule has 6 nitrogen and oxygen atoms in total. The number of aliphatic carboxylic acids is 1. The quantitative estimate of drug-likeness (QED) is 0.868. The number of nitrogens with one attached hydrogen (secondary N) is 1. The van der Waals surface area contributed by atoms with Gasteiger partial charge in [-0.2, -0.15) is 0 Å². The minimum absolute atomic E-state index is 0.215. The van der Waals surface area contributed by atoms with E-state index in [0.29, 0.717) is 13.1 Å². The van der Waals surface area contributed by atoms with E-state index in [0.717, 1.165) is 15.7 Å². The molecule has 2 N–H and O–H groups in total. The molecular formula is C14H17BrN2O4. The summed E-state index contributed by atoms with van der Waals surface area (Å²) in [6.07, 6.45) is 0. The number of carboxylic acids is 1. The van der Waals surface area contributed by atoms with Crippen molar-refractivity contribution < 1.29 is 19.4 Å². The van der Waals surface area contributed by atoms with Crippen LogP contribution in [0.25, 0.3) is 0 Å². The molecule has 114 valence electrons. The van der Waals surface area contributed by atoms with Gasteiger partial charge in [-0.05, 0) is 37.6 Å². The fraction of sp³-hybridized carbons (Fsp3) is 0.429. The first-order valence-electron chi connectivity index (χ1n) is 6.47. The summed E-state index contributed by atoms with van der Waals surface area (Å²) >= 11 is 3.41. The van der Waals surface area contributed by atoms with E-state index in [2.05, 4.69) is 21.2 Å². The molecule has 0 saturated carbocycles. The van der Waals surface area contributed by atoms with Gasteiger partial charge in [-0.15, -0.1) is 0 Å². The zero-order chi connectivity index (χ0) is 15.6. The number of carbonyl (C=O) groups is 2. The summed E-state index contributed by atoms with van der Waals surface area (Å²) in [5, 5.41) is 11.4. The predicted molar refractivity (Wildman–Crippen MR) is 81.5 cm³/mol. The Labute approximate surface area is 131 Å². The monoisotopic (exact) mass is 356 g/mol. The van der Waals surface area contributed by atoms with Crippen LogP contribution in [0.15, 0.2) is 22.7 Å². The summed E-state index contributed by atoms with van der Waals surface area (Å²) in [4.78, 5) is 24.1. The molecule has 1 fully saturated rings. The van der Waals surface area contributed by atoms with Crippen molar-refractivity contribution in [2.75, 3.05) is 25.0 Å². The van der Waals surface area contributed by atoms with Gasteiger partial charge in [-0.25, -0.2) is 9.59 Å². The molecule has 2 rings (SSSR count). The van der Waals surface area contributed by atoms with Crippen LogP contribution in [0.1, 0.15) is 12.5 Å². The van der Waals surface area contributed by atoms with Gasteiger partial charge in [0.2, 0.25) is 0 Å². The zero-order valence-electron chi connectivity index (χ0n) is 11.9. The molecule has 1 aliphatic heterocycles. The number of anilines is 1. The number of urea groups is 1. The Morgan fingerprint density at radius 1 is 1.48 bits per heavy atom. The largest absolute Gasteiger partial charge is 0.480 e. The van der Waals surface area contributed by atoms with Gasteiger partial charge in [0.1, 0.15) is 12.2 Å². The lowest BCUT2D eigenvalue weighted by Crippen LogP contribution is -2.64. The number of halogens is 1. The van der Waals surface area contributed by atoms with Crippen molar-refractivity contribution in [3.63, 3.8) is 0 Å². The maximum atomic E-state index is 12.0. The van der Waals surface area contributed by atoms with Crippen LogP contribution in [0, 0.1) is 6.92 Å². The molecule has 1 aliphatic rings. The van der Waals surface area contributed by atoms with Gasteiger partial charge in [0.15, 0.2) is 0 Å². The summed E-state index contributed by atoms with van der Waals surface area (Å²) in [6.45, 7) is 4.14. The summed E-state index contributed by atoms with van der Waals surface area (Å²) in [7, 11) is 0. The maximum absolute atomic E-state index is 12.0. The highest BCUT2D eigenvalue weighted by molar-refractivity contribution is 9.10. The highest BCUT2D eigenvalue weighted by Crippen LogP contribution is 2.26. The number of ether oxygens (including phenoxy) is 1. The highest BCUT2D eigenvalue weighted by atomic mass is 79.9. The second-order valence-corrected chi connectivity index (χ2v) is 6.24. The second-order valence-electron chi connectivity index (χ2n) is 5.38. The molecule has 0 unspecified atom stereocenters. The molecule has 0 spiro atoms. The number of hydrogen-bond acceptors (Lipinski definition) is 3. The predicted octanol–water partition coefficient (Wildman–Crippen LogP) is 2.46. The molecule has 1 heterocycles. The molecule has 21 heavy (non-hydrogen) atoms. The smallest absolute Gasteiger partial charge is 0.329 e. The van der Waals surface area contributed by atoms with Crippen molar-refractivity contribution in [2.45, 2.75) is 19.4 Å². The minimum Gasteiger partial charge on any atom is -0.480 e. The molecule has 0 atom stereocenters. The fourth-order valence-electron chi connectivity index (χ4n) is 2.16. The molecule has 0 bridgehead atoms. The number of hydrogen-bond donors (Lipinski definition) is 2. The van der Waals surface area contributed by atoms with E-state index in [-0.39, 0.29) is 12.6 Å². The average Bonchev–Trinajstić information content (AvgIpc) is 2.37. The number of nitrogens with zero attached hydrogens (tertiary/aromatic N) is 1. The van der Waals surface area contributed by atoms with E-state index in [9.17, 15) is 9.59 Å². The highest BCUT2D eigenvalue weighted by Gasteiger charge is 2.42. The van der Waals surface area contributed by atoms with E-state index in [1.54, 1.807) is 11.8 Å². The first-order chi connectivity index (χ1) is 9.79. The molecular weight excluding hydrogens is 340 g/mol. The summed E-state index contributed by atoms with van der Waals surface area (Å²) < 4.78 is 6.25. The van der Waals surface area contributed by atoms with Crippen LogP contribution in [0.3, 0.4) is 0 Å². The summed E-state index contributed by atoms with van der Waals surface area (Å²) in [5.41, 5.74) is 1.18. The Balaban J connectivity index is 1.86. The van der Waals surface area contributed by atoms with E-state index in [1.807, 2.05) is 25.1 Å². The summed E-state index contributed by atoms with van der Waals surface area (Å²) in [5.74, 6) is -1.01. The van der Waals surface area contributed by atoms with E-state index in [1.165, 1.54) is 0 Å². The molecule has 0 radical (unpaired) electrons. The van der Waals surface area contributed by atoms with Crippen LogP contribution in [0.4, 0.5) is 10.5 Å². The van der Waals surface area contributed by atoms with E-state index >= 15 is 0 Å². The number of amides is 2. The SMILES string of the molecule is Cc1cc(NC(=O)N2CC(C)(OCC(=O)O)C2)ccc1Br. The lowest BCUT2D eigenvalue weighted by atomic mass is 9.97. The Bertz CT molecular complexity index is 570.